The third kappa shape index (κ3) is 2.95. The number of hydrogen-bond acceptors (Lipinski definition) is 1. The lowest BCUT2D eigenvalue weighted by atomic mass is 10.00. The van der Waals surface area contributed by atoms with E-state index in [1.54, 1.807) is 6.08 Å². The highest BCUT2D eigenvalue weighted by Gasteiger charge is 2.01. The minimum atomic E-state index is 0.702. The van der Waals surface area contributed by atoms with E-state index in [0.29, 0.717) is 5.56 Å². The molecule has 0 aliphatic heterocycles. The first-order valence-corrected chi connectivity index (χ1v) is 6.08. The zero-order valence-electron chi connectivity index (χ0n) is 10.3. The van der Waals surface area contributed by atoms with Crippen LogP contribution in [-0.2, 0) is 12.8 Å². The molecule has 0 spiro atoms. The van der Waals surface area contributed by atoms with Gasteiger partial charge in [0.15, 0.2) is 6.29 Å². The van der Waals surface area contributed by atoms with Gasteiger partial charge in [-0.25, -0.2) is 0 Å². The lowest BCUT2D eigenvalue weighted by Crippen LogP contribution is -1.94. The predicted molar refractivity (Wildman–Crippen MR) is 75.8 cm³/mol. The Morgan fingerprint density at radius 2 is 1.61 bits per heavy atom. The summed E-state index contributed by atoms with van der Waals surface area (Å²) in [5.74, 6) is 0. The fourth-order valence-corrected chi connectivity index (χ4v) is 2.00. The van der Waals surface area contributed by atoms with Gasteiger partial charge in [-0.15, -0.1) is 0 Å². The third-order valence-electron chi connectivity index (χ3n) is 3.04. The Labute approximate surface area is 108 Å². The van der Waals surface area contributed by atoms with E-state index in [0.717, 1.165) is 24.7 Å². The molecule has 0 unspecified atom stereocenters. The number of aryl methyl sites for hydroxylation is 2. The molecule has 0 bridgehead atoms. The molecule has 0 atom stereocenters. The minimum Gasteiger partial charge on any atom is -0.298 e. The van der Waals surface area contributed by atoms with Crippen molar-refractivity contribution in [1.29, 1.82) is 0 Å². The van der Waals surface area contributed by atoms with E-state index in [1.165, 1.54) is 11.1 Å². The van der Waals surface area contributed by atoms with Crippen molar-refractivity contribution in [3.05, 3.63) is 77.4 Å². The van der Waals surface area contributed by atoms with Gasteiger partial charge in [0.25, 0.3) is 0 Å². The first-order valence-electron chi connectivity index (χ1n) is 6.08. The summed E-state index contributed by atoms with van der Waals surface area (Å²) in [6.45, 7) is 3.74. The van der Waals surface area contributed by atoms with Gasteiger partial charge in [-0.05, 0) is 29.5 Å². The molecular formula is C17H16O. The van der Waals surface area contributed by atoms with E-state index in [4.69, 9.17) is 0 Å². The molecule has 2 aromatic rings. The summed E-state index contributed by atoms with van der Waals surface area (Å²) in [6.07, 6.45) is 4.59. The molecule has 1 nitrogen and oxygen atoms in total. The standard InChI is InChI=1S/C17H16O/c1-2-16-12-15(10-11-17(16)13-18)9-8-14-6-4-3-5-7-14/h2-7,10-13H,1,8-9H2. The summed E-state index contributed by atoms with van der Waals surface area (Å²) in [5.41, 5.74) is 4.18. The Bertz CT molecular complexity index is 541. The van der Waals surface area contributed by atoms with Gasteiger partial charge in [0.05, 0.1) is 0 Å². The number of hydrogen-bond donors (Lipinski definition) is 0. The average Bonchev–Trinajstić information content (AvgIpc) is 2.45. The quantitative estimate of drug-likeness (QED) is 0.719. The molecule has 90 valence electrons. The summed E-state index contributed by atoms with van der Waals surface area (Å²) in [7, 11) is 0. The van der Waals surface area contributed by atoms with Crippen molar-refractivity contribution >= 4 is 12.4 Å². The van der Waals surface area contributed by atoms with Crippen LogP contribution in [0.5, 0.6) is 0 Å². The number of carbonyl (C=O) groups excluding carboxylic acids is 1. The molecule has 0 saturated heterocycles. The Balaban J connectivity index is 2.10. The van der Waals surface area contributed by atoms with E-state index in [2.05, 4.69) is 30.8 Å². The molecule has 0 aliphatic rings. The normalized spacial score (nSPS) is 10.0. The lowest BCUT2D eigenvalue weighted by Gasteiger charge is -2.05. The van der Waals surface area contributed by atoms with E-state index in [1.807, 2.05) is 24.3 Å². The van der Waals surface area contributed by atoms with Crippen molar-refractivity contribution in [1.82, 2.24) is 0 Å². The van der Waals surface area contributed by atoms with Gasteiger partial charge in [0.2, 0.25) is 0 Å². The van der Waals surface area contributed by atoms with Crippen molar-refractivity contribution in [2.45, 2.75) is 12.8 Å². The van der Waals surface area contributed by atoms with Gasteiger partial charge in [-0.2, -0.15) is 0 Å². The van der Waals surface area contributed by atoms with Gasteiger partial charge in [0, 0.05) is 5.56 Å². The van der Waals surface area contributed by atoms with Crippen LogP contribution in [0, 0.1) is 0 Å². The maximum atomic E-state index is 10.8. The first-order chi connectivity index (χ1) is 8.83. The first kappa shape index (κ1) is 12.3. The molecule has 0 saturated carbocycles. The SMILES string of the molecule is C=Cc1cc(CCc2ccccc2)ccc1C=O. The summed E-state index contributed by atoms with van der Waals surface area (Å²) in [4.78, 5) is 10.8. The van der Waals surface area contributed by atoms with E-state index in [9.17, 15) is 4.79 Å². The maximum Gasteiger partial charge on any atom is 0.150 e. The van der Waals surface area contributed by atoms with E-state index >= 15 is 0 Å². The Morgan fingerprint density at radius 1 is 0.889 bits per heavy atom. The van der Waals surface area contributed by atoms with Crippen LogP contribution in [0.25, 0.3) is 6.08 Å². The summed E-state index contributed by atoms with van der Waals surface area (Å²) in [5, 5.41) is 0. The highest BCUT2D eigenvalue weighted by atomic mass is 16.1. The van der Waals surface area contributed by atoms with Crippen LogP contribution in [0.4, 0.5) is 0 Å². The fraction of sp³-hybridized carbons (Fsp3) is 0.118. The highest BCUT2D eigenvalue weighted by molar-refractivity contribution is 5.81. The summed E-state index contributed by atoms with van der Waals surface area (Å²) < 4.78 is 0. The van der Waals surface area contributed by atoms with Crippen LogP contribution in [-0.4, -0.2) is 6.29 Å². The molecule has 0 N–H and O–H groups in total. The average molecular weight is 236 g/mol. The zero-order valence-corrected chi connectivity index (χ0v) is 10.3. The van der Waals surface area contributed by atoms with Crippen LogP contribution >= 0.6 is 0 Å². The van der Waals surface area contributed by atoms with Crippen LogP contribution in [0.2, 0.25) is 0 Å². The highest BCUT2D eigenvalue weighted by Crippen LogP contribution is 2.14. The molecule has 2 rings (SSSR count). The Morgan fingerprint density at radius 3 is 2.28 bits per heavy atom. The van der Waals surface area contributed by atoms with Crippen molar-refractivity contribution in [2.24, 2.45) is 0 Å². The predicted octanol–water partition coefficient (Wildman–Crippen LogP) is 3.93. The Kier molecular flexibility index (Phi) is 4.08. The molecule has 0 aromatic heterocycles. The monoisotopic (exact) mass is 236 g/mol. The minimum absolute atomic E-state index is 0.702. The molecule has 1 heteroatoms. The molecule has 0 fully saturated rings. The van der Waals surface area contributed by atoms with Gasteiger partial charge < -0.3 is 0 Å². The molecule has 0 heterocycles. The van der Waals surface area contributed by atoms with Crippen LogP contribution in [0.15, 0.2) is 55.1 Å². The van der Waals surface area contributed by atoms with Crippen molar-refractivity contribution in [2.75, 3.05) is 0 Å². The number of rotatable bonds is 5. The number of benzene rings is 2. The van der Waals surface area contributed by atoms with Crippen LogP contribution in [0.3, 0.4) is 0 Å². The molecule has 0 radical (unpaired) electrons. The summed E-state index contributed by atoms with van der Waals surface area (Å²) >= 11 is 0. The smallest absolute Gasteiger partial charge is 0.150 e. The second-order valence-corrected chi connectivity index (χ2v) is 4.27. The number of carbonyl (C=O) groups is 1. The van der Waals surface area contributed by atoms with Gasteiger partial charge in [0.1, 0.15) is 0 Å². The van der Waals surface area contributed by atoms with Gasteiger partial charge in [-0.1, -0.05) is 61.2 Å². The third-order valence-corrected chi connectivity index (χ3v) is 3.04. The van der Waals surface area contributed by atoms with Crippen LogP contribution < -0.4 is 0 Å². The van der Waals surface area contributed by atoms with Crippen molar-refractivity contribution in [3.8, 4) is 0 Å². The Hall–Kier alpha value is -2.15. The van der Waals surface area contributed by atoms with Crippen molar-refractivity contribution < 1.29 is 4.79 Å². The fourth-order valence-electron chi connectivity index (χ4n) is 2.00. The van der Waals surface area contributed by atoms with Gasteiger partial charge in [-0.3, -0.25) is 4.79 Å². The second-order valence-electron chi connectivity index (χ2n) is 4.27. The molecule has 0 amide bonds. The maximum absolute atomic E-state index is 10.8. The molecule has 18 heavy (non-hydrogen) atoms. The topological polar surface area (TPSA) is 17.1 Å². The molecular weight excluding hydrogens is 220 g/mol. The molecule has 2 aromatic carbocycles. The van der Waals surface area contributed by atoms with E-state index < -0.39 is 0 Å². The largest absolute Gasteiger partial charge is 0.298 e. The zero-order chi connectivity index (χ0) is 12.8. The van der Waals surface area contributed by atoms with Gasteiger partial charge >= 0.3 is 0 Å². The summed E-state index contributed by atoms with van der Waals surface area (Å²) in [6, 6.07) is 16.3. The van der Waals surface area contributed by atoms with Crippen LogP contribution in [0.1, 0.15) is 27.0 Å². The van der Waals surface area contributed by atoms with Crippen molar-refractivity contribution in [3.63, 3.8) is 0 Å². The lowest BCUT2D eigenvalue weighted by molar-refractivity contribution is 0.112. The number of aldehydes is 1. The molecule has 0 aliphatic carbocycles. The van der Waals surface area contributed by atoms with E-state index in [-0.39, 0.29) is 0 Å². The second kappa shape index (κ2) is 5.97.